The first-order chi connectivity index (χ1) is 15.1. The lowest BCUT2D eigenvalue weighted by Crippen LogP contribution is -2.12. The SMILES string of the molecule is COc1cccc(-c2ccc(NC(=O)CCCCc3ccc4c(c3)OCO4)nc2C)c1. The summed E-state index contributed by atoms with van der Waals surface area (Å²) in [5.41, 5.74) is 4.09. The van der Waals surface area contributed by atoms with Gasteiger partial charge in [0.25, 0.3) is 0 Å². The standard InChI is InChI=1S/C25H26N2O4/c1-17-21(19-7-5-8-20(15-19)29-2)11-13-24(26-17)27-25(28)9-4-3-6-18-10-12-22-23(14-18)31-16-30-22/h5,7-8,10-15H,3-4,6,9,16H2,1-2H3,(H,26,27,28). The summed E-state index contributed by atoms with van der Waals surface area (Å²) < 4.78 is 16.0. The molecule has 1 N–H and O–H groups in total. The molecule has 1 aromatic heterocycles. The molecule has 1 aliphatic heterocycles. The fourth-order valence-corrected chi connectivity index (χ4v) is 3.64. The highest BCUT2D eigenvalue weighted by atomic mass is 16.7. The maximum atomic E-state index is 12.3. The zero-order chi connectivity index (χ0) is 21.6. The Kier molecular flexibility index (Phi) is 6.36. The second-order valence-corrected chi connectivity index (χ2v) is 7.50. The van der Waals surface area contributed by atoms with Crippen LogP contribution in [-0.4, -0.2) is 24.8 Å². The molecule has 4 rings (SSSR count). The van der Waals surface area contributed by atoms with Crippen molar-refractivity contribution in [3.8, 4) is 28.4 Å². The van der Waals surface area contributed by atoms with E-state index in [4.69, 9.17) is 14.2 Å². The van der Waals surface area contributed by atoms with Crippen molar-refractivity contribution >= 4 is 11.7 Å². The van der Waals surface area contributed by atoms with Gasteiger partial charge in [0.15, 0.2) is 11.5 Å². The molecule has 0 bridgehead atoms. The summed E-state index contributed by atoms with van der Waals surface area (Å²) in [5.74, 6) is 2.95. The number of ether oxygens (including phenoxy) is 3. The molecule has 2 heterocycles. The number of pyridine rings is 1. The lowest BCUT2D eigenvalue weighted by molar-refractivity contribution is -0.116. The number of aromatic nitrogens is 1. The highest BCUT2D eigenvalue weighted by molar-refractivity contribution is 5.90. The number of anilines is 1. The third kappa shape index (κ3) is 5.15. The van der Waals surface area contributed by atoms with Crippen LogP contribution in [0.3, 0.4) is 0 Å². The zero-order valence-electron chi connectivity index (χ0n) is 17.8. The van der Waals surface area contributed by atoms with Crippen LogP contribution in [-0.2, 0) is 11.2 Å². The maximum Gasteiger partial charge on any atom is 0.231 e. The van der Waals surface area contributed by atoms with Crippen molar-refractivity contribution in [3.63, 3.8) is 0 Å². The Hall–Kier alpha value is -3.54. The number of carbonyl (C=O) groups excluding carboxylic acids is 1. The van der Waals surface area contributed by atoms with Crippen LogP contribution in [0.4, 0.5) is 5.82 Å². The molecule has 0 saturated heterocycles. The van der Waals surface area contributed by atoms with E-state index < -0.39 is 0 Å². The summed E-state index contributed by atoms with van der Waals surface area (Å²) in [4.78, 5) is 16.9. The largest absolute Gasteiger partial charge is 0.497 e. The van der Waals surface area contributed by atoms with Gasteiger partial charge in [-0.3, -0.25) is 4.79 Å². The number of carbonyl (C=O) groups is 1. The maximum absolute atomic E-state index is 12.3. The number of hydrogen-bond donors (Lipinski definition) is 1. The molecule has 0 aliphatic carbocycles. The molecule has 160 valence electrons. The van der Waals surface area contributed by atoms with E-state index >= 15 is 0 Å². The summed E-state index contributed by atoms with van der Waals surface area (Å²) in [7, 11) is 1.65. The average molecular weight is 418 g/mol. The fourth-order valence-electron chi connectivity index (χ4n) is 3.64. The fraction of sp³-hybridized carbons (Fsp3) is 0.280. The minimum absolute atomic E-state index is 0.0216. The molecule has 0 saturated carbocycles. The van der Waals surface area contributed by atoms with Crippen LogP contribution in [0.15, 0.2) is 54.6 Å². The van der Waals surface area contributed by atoms with Crippen LogP contribution in [0, 0.1) is 6.92 Å². The summed E-state index contributed by atoms with van der Waals surface area (Å²) in [6, 6.07) is 17.7. The van der Waals surface area contributed by atoms with E-state index in [0.29, 0.717) is 12.2 Å². The molecule has 1 aliphatic rings. The average Bonchev–Trinajstić information content (AvgIpc) is 3.25. The van der Waals surface area contributed by atoms with Gasteiger partial charge in [0, 0.05) is 17.7 Å². The van der Waals surface area contributed by atoms with Gasteiger partial charge in [-0.2, -0.15) is 0 Å². The number of unbranched alkanes of at least 4 members (excludes halogenated alkanes) is 1. The van der Waals surface area contributed by atoms with E-state index in [-0.39, 0.29) is 12.7 Å². The van der Waals surface area contributed by atoms with Gasteiger partial charge in [-0.15, -0.1) is 0 Å². The minimum Gasteiger partial charge on any atom is -0.497 e. The number of hydrogen-bond acceptors (Lipinski definition) is 5. The van der Waals surface area contributed by atoms with E-state index in [1.807, 2.05) is 61.5 Å². The second kappa shape index (κ2) is 9.51. The Morgan fingerprint density at radius 1 is 1.06 bits per heavy atom. The van der Waals surface area contributed by atoms with E-state index in [1.54, 1.807) is 7.11 Å². The van der Waals surface area contributed by atoms with Crippen LogP contribution < -0.4 is 19.5 Å². The van der Waals surface area contributed by atoms with Crippen molar-refractivity contribution in [3.05, 3.63) is 65.9 Å². The number of benzene rings is 2. The molecule has 31 heavy (non-hydrogen) atoms. The molecule has 6 heteroatoms. The van der Waals surface area contributed by atoms with E-state index in [1.165, 1.54) is 5.56 Å². The van der Waals surface area contributed by atoms with Crippen LogP contribution in [0.2, 0.25) is 0 Å². The van der Waals surface area contributed by atoms with Crippen molar-refractivity contribution in [2.24, 2.45) is 0 Å². The Morgan fingerprint density at radius 3 is 2.77 bits per heavy atom. The topological polar surface area (TPSA) is 69.7 Å². The minimum atomic E-state index is -0.0216. The lowest BCUT2D eigenvalue weighted by Gasteiger charge is -2.10. The van der Waals surface area contributed by atoms with Gasteiger partial charge in [0.05, 0.1) is 7.11 Å². The van der Waals surface area contributed by atoms with Crippen LogP contribution in [0.1, 0.15) is 30.5 Å². The monoisotopic (exact) mass is 418 g/mol. The van der Waals surface area contributed by atoms with Crippen LogP contribution in [0.5, 0.6) is 17.2 Å². The zero-order valence-corrected chi connectivity index (χ0v) is 17.8. The molecule has 6 nitrogen and oxygen atoms in total. The van der Waals surface area contributed by atoms with Crippen molar-refractivity contribution in [2.75, 3.05) is 19.2 Å². The van der Waals surface area contributed by atoms with Gasteiger partial charge in [0.2, 0.25) is 12.7 Å². The molecular formula is C25H26N2O4. The highest BCUT2D eigenvalue weighted by Crippen LogP contribution is 2.33. The molecule has 0 atom stereocenters. The third-order valence-corrected chi connectivity index (χ3v) is 5.29. The number of rotatable bonds is 8. The van der Waals surface area contributed by atoms with Gasteiger partial charge in [-0.25, -0.2) is 4.98 Å². The first kappa shape index (κ1) is 20.7. The molecule has 0 fully saturated rings. The predicted octanol–water partition coefficient (Wildman–Crippen LogP) is 5.15. The van der Waals surface area contributed by atoms with Gasteiger partial charge in [0.1, 0.15) is 11.6 Å². The normalized spacial score (nSPS) is 11.9. The Labute approximate surface area is 182 Å². The quantitative estimate of drug-likeness (QED) is 0.513. The number of aryl methyl sites for hydroxylation is 2. The summed E-state index contributed by atoms with van der Waals surface area (Å²) in [6.07, 6.45) is 3.09. The number of nitrogens with one attached hydrogen (secondary N) is 1. The Bertz CT molecular complexity index is 1080. The molecule has 0 radical (unpaired) electrons. The summed E-state index contributed by atoms with van der Waals surface area (Å²) >= 11 is 0. The van der Waals surface area contributed by atoms with Crippen molar-refractivity contribution in [1.82, 2.24) is 4.98 Å². The summed E-state index contributed by atoms with van der Waals surface area (Å²) in [5, 5.41) is 2.91. The first-order valence-electron chi connectivity index (χ1n) is 10.4. The van der Waals surface area contributed by atoms with Gasteiger partial charge in [-0.1, -0.05) is 18.2 Å². The summed E-state index contributed by atoms with van der Waals surface area (Å²) in [6.45, 7) is 2.23. The van der Waals surface area contributed by atoms with E-state index in [2.05, 4.69) is 10.3 Å². The highest BCUT2D eigenvalue weighted by Gasteiger charge is 2.13. The van der Waals surface area contributed by atoms with Crippen LogP contribution >= 0.6 is 0 Å². The van der Waals surface area contributed by atoms with Crippen LogP contribution in [0.25, 0.3) is 11.1 Å². The first-order valence-corrected chi connectivity index (χ1v) is 10.4. The predicted molar refractivity (Wildman–Crippen MR) is 120 cm³/mol. The smallest absolute Gasteiger partial charge is 0.231 e. The molecule has 3 aromatic rings. The van der Waals surface area contributed by atoms with Gasteiger partial charge in [-0.05, 0) is 73.7 Å². The third-order valence-electron chi connectivity index (χ3n) is 5.29. The Morgan fingerprint density at radius 2 is 1.94 bits per heavy atom. The number of amides is 1. The molecule has 0 spiro atoms. The molecule has 1 amide bonds. The van der Waals surface area contributed by atoms with Gasteiger partial charge >= 0.3 is 0 Å². The van der Waals surface area contributed by atoms with Gasteiger partial charge < -0.3 is 19.5 Å². The van der Waals surface area contributed by atoms with Crippen molar-refractivity contribution < 1.29 is 19.0 Å². The lowest BCUT2D eigenvalue weighted by atomic mass is 10.0. The van der Waals surface area contributed by atoms with Crippen molar-refractivity contribution in [1.29, 1.82) is 0 Å². The van der Waals surface area contributed by atoms with Crippen molar-refractivity contribution in [2.45, 2.75) is 32.6 Å². The molecular weight excluding hydrogens is 392 g/mol. The number of fused-ring (bicyclic) bond motifs is 1. The second-order valence-electron chi connectivity index (χ2n) is 7.50. The Balaban J connectivity index is 1.27. The molecule has 2 aromatic carbocycles. The molecule has 0 unspecified atom stereocenters. The number of nitrogens with zero attached hydrogens (tertiary/aromatic N) is 1. The number of methoxy groups -OCH3 is 1. The van der Waals surface area contributed by atoms with E-state index in [9.17, 15) is 4.79 Å². The van der Waals surface area contributed by atoms with E-state index in [0.717, 1.165) is 53.3 Å².